The highest BCUT2D eigenvalue weighted by atomic mass is 19.1. The van der Waals surface area contributed by atoms with E-state index in [0.717, 1.165) is 0 Å². The summed E-state index contributed by atoms with van der Waals surface area (Å²) < 4.78 is 13.6. The minimum atomic E-state index is -0.608. The second-order valence-corrected chi connectivity index (χ2v) is 4.16. The number of carbonyl (C=O) groups is 2. The summed E-state index contributed by atoms with van der Waals surface area (Å²) in [6.45, 7) is 1.63. The Kier molecular flexibility index (Phi) is 3.57. The quantitative estimate of drug-likeness (QED) is 0.785. The van der Waals surface area contributed by atoms with E-state index < -0.39 is 11.7 Å². The van der Waals surface area contributed by atoms with Crippen molar-refractivity contribution in [2.45, 2.75) is 6.54 Å². The summed E-state index contributed by atoms with van der Waals surface area (Å²) in [6.07, 6.45) is 0. The van der Waals surface area contributed by atoms with Gasteiger partial charge in [-0.3, -0.25) is 9.59 Å². The fourth-order valence-corrected chi connectivity index (χ4v) is 1.87. The monoisotopic (exact) mass is 251 g/mol. The van der Waals surface area contributed by atoms with Gasteiger partial charge >= 0.3 is 0 Å². The highest BCUT2D eigenvalue weighted by Crippen LogP contribution is 2.13. The van der Waals surface area contributed by atoms with Crippen molar-refractivity contribution in [1.29, 1.82) is 0 Å². The average molecular weight is 251 g/mol. The molecule has 1 fully saturated rings. The highest BCUT2D eigenvalue weighted by Gasteiger charge is 2.19. The van der Waals surface area contributed by atoms with Crippen LogP contribution in [0.2, 0.25) is 0 Å². The van der Waals surface area contributed by atoms with Gasteiger partial charge in [0.2, 0.25) is 11.8 Å². The van der Waals surface area contributed by atoms with Crippen molar-refractivity contribution in [2.75, 3.05) is 19.6 Å². The standard InChI is InChI=1S/C12H14FN3O2/c13-10-2-1-8(12(14)18)5-9(10)7-16-4-3-15-6-11(16)17/h1-2,5,15H,3-4,6-7H2,(H2,14,18). The van der Waals surface area contributed by atoms with Gasteiger partial charge in [0, 0.05) is 30.8 Å². The molecule has 1 aromatic rings. The lowest BCUT2D eigenvalue weighted by atomic mass is 10.1. The molecule has 0 atom stereocenters. The number of benzene rings is 1. The van der Waals surface area contributed by atoms with Crippen LogP contribution in [-0.2, 0) is 11.3 Å². The lowest BCUT2D eigenvalue weighted by Crippen LogP contribution is -2.47. The molecular formula is C12H14FN3O2. The van der Waals surface area contributed by atoms with Crippen LogP contribution in [0.5, 0.6) is 0 Å². The summed E-state index contributed by atoms with van der Waals surface area (Å²) in [5.41, 5.74) is 5.69. The molecule has 0 aromatic heterocycles. The Hall–Kier alpha value is -1.95. The predicted molar refractivity (Wildman–Crippen MR) is 63.2 cm³/mol. The van der Waals surface area contributed by atoms with Crippen LogP contribution < -0.4 is 11.1 Å². The Morgan fingerprint density at radius 3 is 2.94 bits per heavy atom. The Morgan fingerprint density at radius 1 is 1.50 bits per heavy atom. The second kappa shape index (κ2) is 5.14. The third-order valence-electron chi connectivity index (χ3n) is 2.88. The molecule has 18 heavy (non-hydrogen) atoms. The summed E-state index contributed by atoms with van der Waals surface area (Å²) in [4.78, 5) is 24.2. The molecule has 5 nitrogen and oxygen atoms in total. The zero-order valence-electron chi connectivity index (χ0n) is 9.78. The van der Waals surface area contributed by atoms with Gasteiger partial charge in [-0.1, -0.05) is 0 Å². The number of amides is 2. The summed E-state index contributed by atoms with van der Waals surface area (Å²) in [7, 11) is 0. The molecule has 1 saturated heterocycles. The molecular weight excluding hydrogens is 237 g/mol. The van der Waals surface area contributed by atoms with Gasteiger partial charge in [-0.25, -0.2) is 4.39 Å². The SMILES string of the molecule is NC(=O)c1ccc(F)c(CN2CCNCC2=O)c1. The third kappa shape index (κ3) is 2.65. The number of carbonyl (C=O) groups excluding carboxylic acids is 2. The smallest absolute Gasteiger partial charge is 0.248 e. The predicted octanol–water partition coefficient (Wildman–Crippen LogP) is -0.144. The number of halogens is 1. The van der Waals surface area contributed by atoms with E-state index in [9.17, 15) is 14.0 Å². The molecule has 2 amide bonds. The number of hydrogen-bond acceptors (Lipinski definition) is 3. The van der Waals surface area contributed by atoms with E-state index in [0.29, 0.717) is 18.7 Å². The van der Waals surface area contributed by atoms with Crippen LogP contribution in [0.25, 0.3) is 0 Å². The van der Waals surface area contributed by atoms with E-state index in [4.69, 9.17) is 5.73 Å². The van der Waals surface area contributed by atoms with Gasteiger partial charge in [-0.2, -0.15) is 0 Å². The fourth-order valence-electron chi connectivity index (χ4n) is 1.87. The van der Waals surface area contributed by atoms with Crippen LogP contribution in [0.4, 0.5) is 4.39 Å². The number of rotatable bonds is 3. The number of hydrogen-bond donors (Lipinski definition) is 2. The molecule has 1 aliphatic heterocycles. The van der Waals surface area contributed by atoms with Crippen molar-refractivity contribution in [1.82, 2.24) is 10.2 Å². The maximum Gasteiger partial charge on any atom is 0.248 e. The van der Waals surface area contributed by atoms with Gasteiger partial charge in [0.1, 0.15) is 5.82 Å². The summed E-state index contributed by atoms with van der Waals surface area (Å²) in [5.74, 6) is -1.13. The number of nitrogens with one attached hydrogen (secondary N) is 1. The molecule has 0 aliphatic carbocycles. The van der Waals surface area contributed by atoms with Crippen molar-refractivity contribution in [3.8, 4) is 0 Å². The Bertz CT molecular complexity index is 490. The Labute approximate surface area is 104 Å². The van der Waals surface area contributed by atoms with E-state index in [2.05, 4.69) is 5.32 Å². The van der Waals surface area contributed by atoms with Crippen LogP contribution in [0.3, 0.4) is 0 Å². The molecule has 0 unspecified atom stereocenters. The van der Waals surface area contributed by atoms with E-state index in [1.165, 1.54) is 18.2 Å². The summed E-state index contributed by atoms with van der Waals surface area (Å²) in [6, 6.07) is 3.93. The normalized spacial score (nSPS) is 15.8. The van der Waals surface area contributed by atoms with Gasteiger partial charge in [0.25, 0.3) is 0 Å². The minimum Gasteiger partial charge on any atom is -0.366 e. The summed E-state index contributed by atoms with van der Waals surface area (Å²) >= 11 is 0. The molecule has 1 heterocycles. The van der Waals surface area contributed by atoms with Crippen LogP contribution in [-0.4, -0.2) is 36.3 Å². The molecule has 0 bridgehead atoms. The zero-order valence-corrected chi connectivity index (χ0v) is 9.78. The third-order valence-corrected chi connectivity index (χ3v) is 2.88. The first-order valence-electron chi connectivity index (χ1n) is 5.64. The number of nitrogens with two attached hydrogens (primary N) is 1. The molecule has 1 aromatic carbocycles. The molecule has 0 spiro atoms. The topological polar surface area (TPSA) is 75.4 Å². The van der Waals surface area contributed by atoms with Crippen LogP contribution in [0.1, 0.15) is 15.9 Å². The second-order valence-electron chi connectivity index (χ2n) is 4.16. The van der Waals surface area contributed by atoms with Crippen molar-refractivity contribution in [2.24, 2.45) is 5.73 Å². The van der Waals surface area contributed by atoms with E-state index in [1.54, 1.807) is 4.90 Å². The number of piperazine rings is 1. The maximum absolute atomic E-state index is 13.6. The number of nitrogens with zero attached hydrogens (tertiary/aromatic N) is 1. The molecule has 0 saturated carbocycles. The molecule has 0 radical (unpaired) electrons. The van der Waals surface area contributed by atoms with Crippen molar-refractivity contribution >= 4 is 11.8 Å². The lowest BCUT2D eigenvalue weighted by molar-refractivity contribution is -0.132. The van der Waals surface area contributed by atoms with Gasteiger partial charge in [0.05, 0.1) is 6.54 Å². The van der Waals surface area contributed by atoms with E-state index in [-0.39, 0.29) is 24.6 Å². The fraction of sp³-hybridized carbons (Fsp3) is 0.333. The Balaban J connectivity index is 2.19. The first-order valence-corrected chi connectivity index (χ1v) is 5.64. The molecule has 2 rings (SSSR count). The van der Waals surface area contributed by atoms with Gasteiger partial charge in [-0.05, 0) is 18.2 Å². The minimum absolute atomic E-state index is 0.0786. The van der Waals surface area contributed by atoms with E-state index in [1.807, 2.05) is 0 Å². The van der Waals surface area contributed by atoms with E-state index >= 15 is 0 Å². The molecule has 3 N–H and O–H groups in total. The first-order chi connectivity index (χ1) is 8.58. The van der Waals surface area contributed by atoms with Crippen LogP contribution in [0, 0.1) is 5.82 Å². The molecule has 96 valence electrons. The highest BCUT2D eigenvalue weighted by molar-refractivity contribution is 5.92. The zero-order chi connectivity index (χ0) is 13.1. The molecule has 1 aliphatic rings. The lowest BCUT2D eigenvalue weighted by Gasteiger charge is -2.27. The Morgan fingerprint density at radius 2 is 2.28 bits per heavy atom. The average Bonchev–Trinajstić information content (AvgIpc) is 2.34. The summed E-state index contributed by atoms with van der Waals surface area (Å²) in [5, 5.41) is 2.94. The largest absolute Gasteiger partial charge is 0.366 e. The first kappa shape index (κ1) is 12.5. The maximum atomic E-state index is 13.6. The molecule has 6 heteroatoms. The van der Waals surface area contributed by atoms with Gasteiger partial charge < -0.3 is 16.0 Å². The number of primary amides is 1. The van der Waals surface area contributed by atoms with Crippen molar-refractivity contribution in [3.05, 3.63) is 35.1 Å². The van der Waals surface area contributed by atoms with Crippen molar-refractivity contribution in [3.63, 3.8) is 0 Å². The van der Waals surface area contributed by atoms with Crippen molar-refractivity contribution < 1.29 is 14.0 Å². The van der Waals surface area contributed by atoms with Gasteiger partial charge in [0.15, 0.2) is 0 Å². The van der Waals surface area contributed by atoms with Crippen LogP contribution >= 0.6 is 0 Å². The van der Waals surface area contributed by atoms with Crippen LogP contribution in [0.15, 0.2) is 18.2 Å². The van der Waals surface area contributed by atoms with Gasteiger partial charge in [-0.15, -0.1) is 0 Å².